The molecule has 1 aromatic carbocycles. The summed E-state index contributed by atoms with van der Waals surface area (Å²) < 4.78 is 26.1. The summed E-state index contributed by atoms with van der Waals surface area (Å²) in [6, 6.07) is 4.54. The van der Waals surface area contributed by atoms with Crippen LogP contribution in [0.3, 0.4) is 0 Å². The van der Waals surface area contributed by atoms with Crippen molar-refractivity contribution < 1.29 is 8.78 Å². The lowest BCUT2D eigenvalue weighted by Gasteiger charge is -2.19. The molecule has 0 aliphatic carbocycles. The Bertz CT molecular complexity index is 377. The van der Waals surface area contributed by atoms with Crippen molar-refractivity contribution in [1.29, 1.82) is 0 Å². The van der Waals surface area contributed by atoms with Gasteiger partial charge in [-0.15, -0.1) is 0 Å². The lowest BCUT2D eigenvalue weighted by Crippen LogP contribution is -2.32. The molecule has 108 valence electrons. The van der Waals surface area contributed by atoms with Crippen molar-refractivity contribution in [3.63, 3.8) is 0 Å². The summed E-state index contributed by atoms with van der Waals surface area (Å²) in [5, 5.41) is 3.49. The molecule has 19 heavy (non-hydrogen) atoms. The van der Waals surface area contributed by atoms with Crippen LogP contribution in [0.4, 0.5) is 8.78 Å². The lowest BCUT2D eigenvalue weighted by molar-refractivity contribution is 0.426. The molecule has 1 unspecified atom stereocenters. The average molecular weight is 269 g/mol. The Morgan fingerprint density at radius 2 is 1.84 bits per heavy atom. The number of rotatable bonds is 8. The molecule has 1 rings (SSSR count). The molecule has 0 saturated heterocycles. The first kappa shape index (κ1) is 16.1. The number of benzene rings is 1. The van der Waals surface area contributed by atoms with Crippen LogP contribution in [0.25, 0.3) is 0 Å². The third-order valence-corrected chi connectivity index (χ3v) is 3.24. The fourth-order valence-electron chi connectivity index (χ4n) is 2.11. The van der Waals surface area contributed by atoms with Crippen LogP contribution < -0.4 is 5.32 Å². The van der Waals surface area contributed by atoms with E-state index in [9.17, 15) is 8.78 Å². The zero-order valence-corrected chi connectivity index (χ0v) is 12.2. The number of halogens is 2. The van der Waals surface area contributed by atoms with Gasteiger partial charge >= 0.3 is 0 Å². The lowest BCUT2D eigenvalue weighted by atomic mass is 9.97. The van der Waals surface area contributed by atoms with Gasteiger partial charge in [-0.2, -0.15) is 0 Å². The van der Waals surface area contributed by atoms with Crippen molar-refractivity contribution in [2.75, 3.05) is 6.54 Å². The number of hydrogen-bond donors (Lipinski definition) is 1. The molecule has 1 atom stereocenters. The summed E-state index contributed by atoms with van der Waals surface area (Å²) in [4.78, 5) is 0. The van der Waals surface area contributed by atoms with E-state index in [-0.39, 0.29) is 0 Å². The fraction of sp³-hybridized carbons (Fsp3) is 0.625. The first-order valence-electron chi connectivity index (χ1n) is 7.20. The Labute approximate surface area is 115 Å². The Morgan fingerprint density at radius 1 is 1.11 bits per heavy atom. The van der Waals surface area contributed by atoms with Crippen LogP contribution in [0.5, 0.6) is 0 Å². The van der Waals surface area contributed by atoms with Gasteiger partial charge in [-0.3, -0.25) is 0 Å². The molecule has 3 heteroatoms. The highest BCUT2D eigenvalue weighted by molar-refractivity contribution is 5.18. The van der Waals surface area contributed by atoms with E-state index in [0.29, 0.717) is 12.0 Å². The fourth-order valence-corrected chi connectivity index (χ4v) is 2.11. The quantitative estimate of drug-likeness (QED) is 0.741. The Balaban J connectivity index is 2.61. The predicted octanol–water partition coefficient (Wildman–Crippen LogP) is 4.31. The summed E-state index contributed by atoms with van der Waals surface area (Å²) in [5.74, 6) is -0.865. The molecule has 1 N–H and O–H groups in total. The number of hydrogen-bond acceptors (Lipinski definition) is 1. The second-order valence-electron chi connectivity index (χ2n) is 5.57. The van der Waals surface area contributed by atoms with E-state index in [1.807, 2.05) is 0 Å². The second kappa shape index (κ2) is 8.26. The number of nitrogens with one attached hydrogen (secondary N) is 1. The SMILES string of the molecule is CCCNC(CCC(C)C)Cc1ccc(F)c(F)c1. The molecule has 0 aliphatic rings. The van der Waals surface area contributed by atoms with Crippen molar-refractivity contribution in [3.05, 3.63) is 35.4 Å². The van der Waals surface area contributed by atoms with Gasteiger partial charge in [0.1, 0.15) is 0 Å². The van der Waals surface area contributed by atoms with Gasteiger partial charge in [0.15, 0.2) is 11.6 Å². The van der Waals surface area contributed by atoms with Crippen molar-refractivity contribution in [2.24, 2.45) is 5.92 Å². The molecule has 0 radical (unpaired) electrons. The molecule has 0 amide bonds. The minimum atomic E-state index is -0.774. The second-order valence-corrected chi connectivity index (χ2v) is 5.57. The van der Waals surface area contributed by atoms with E-state index >= 15 is 0 Å². The molecule has 1 nitrogen and oxygen atoms in total. The maximum absolute atomic E-state index is 13.2. The zero-order chi connectivity index (χ0) is 14.3. The van der Waals surface area contributed by atoms with Crippen LogP contribution >= 0.6 is 0 Å². The van der Waals surface area contributed by atoms with Crippen LogP contribution in [-0.4, -0.2) is 12.6 Å². The topological polar surface area (TPSA) is 12.0 Å². The van der Waals surface area contributed by atoms with Gasteiger partial charge in [-0.05, 0) is 55.8 Å². The molecule has 0 saturated carbocycles. The summed E-state index contributed by atoms with van der Waals surface area (Å²) >= 11 is 0. The Kier molecular flexibility index (Phi) is 7.00. The van der Waals surface area contributed by atoms with Gasteiger partial charge in [0.25, 0.3) is 0 Å². The predicted molar refractivity (Wildman–Crippen MR) is 76.2 cm³/mol. The first-order chi connectivity index (χ1) is 9.02. The highest BCUT2D eigenvalue weighted by Gasteiger charge is 2.11. The van der Waals surface area contributed by atoms with Gasteiger partial charge in [0.05, 0.1) is 0 Å². The molecule has 0 heterocycles. The van der Waals surface area contributed by atoms with Crippen molar-refractivity contribution in [1.82, 2.24) is 5.32 Å². The molecule has 0 bridgehead atoms. The van der Waals surface area contributed by atoms with E-state index in [2.05, 4.69) is 26.1 Å². The van der Waals surface area contributed by atoms with E-state index in [4.69, 9.17) is 0 Å². The third-order valence-electron chi connectivity index (χ3n) is 3.24. The van der Waals surface area contributed by atoms with E-state index in [1.165, 1.54) is 12.1 Å². The smallest absolute Gasteiger partial charge is 0.159 e. The van der Waals surface area contributed by atoms with Crippen LogP contribution in [0.15, 0.2) is 18.2 Å². The Morgan fingerprint density at radius 3 is 2.42 bits per heavy atom. The molecule has 0 aromatic heterocycles. The highest BCUT2D eigenvalue weighted by atomic mass is 19.2. The van der Waals surface area contributed by atoms with Crippen LogP contribution in [-0.2, 0) is 6.42 Å². The minimum absolute atomic E-state index is 0.340. The molecule has 0 spiro atoms. The minimum Gasteiger partial charge on any atom is -0.314 e. The highest BCUT2D eigenvalue weighted by Crippen LogP contribution is 2.14. The van der Waals surface area contributed by atoms with E-state index in [1.54, 1.807) is 6.07 Å². The zero-order valence-electron chi connectivity index (χ0n) is 12.2. The summed E-state index contributed by atoms with van der Waals surface area (Å²) in [6.45, 7) is 7.50. The van der Waals surface area contributed by atoms with Crippen LogP contribution in [0.1, 0.15) is 45.6 Å². The standard InChI is InChI=1S/C16H25F2N/c1-4-9-19-14(7-5-12(2)3)10-13-6-8-15(17)16(18)11-13/h6,8,11-12,14,19H,4-5,7,9-10H2,1-3H3. The molecule has 0 fully saturated rings. The van der Waals surface area contributed by atoms with Gasteiger partial charge in [0.2, 0.25) is 0 Å². The monoisotopic (exact) mass is 269 g/mol. The summed E-state index contributed by atoms with van der Waals surface area (Å²) in [5.41, 5.74) is 0.858. The van der Waals surface area contributed by atoms with Gasteiger partial charge in [0, 0.05) is 6.04 Å². The Hall–Kier alpha value is -0.960. The largest absolute Gasteiger partial charge is 0.314 e. The third kappa shape index (κ3) is 6.15. The first-order valence-corrected chi connectivity index (χ1v) is 7.20. The van der Waals surface area contributed by atoms with Crippen molar-refractivity contribution in [3.8, 4) is 0 Å². The normalized spacial score (nSPS) is 12.9. The van der Waals surface area contributed by atoms with Crippen molar-refractivity contribution in [2.45, 2.75) is 52.5 Å². The maximum Gasteiger partial charge on any atom is 0.159 e. The molecular formula is C16H25F2N. The van der Waals surface area contributed by atoms with Crippen LogP contribution in [0.2, 0.25) is 0 Å². The van der Waals surface area contributed by atoms with Crippen molar-refractivity contribution >= 4 is 0 Å². The molecule has 1 aromatic rings. The average Bonchev–Trinajstić information content (AvgIpc) is 2.37. The summed E-state index contributed by atoms with van der Waals surface area (Å²) in [6.07, 6.45) is 4.04. The summed E-state index contributed by atoms with van der Waals surface area (Å²) in [7, 11) is 0. The van der Waals surface area contributed by atoms with Crippen LogP contribution in [0, 0.1) is 17.6 Å². The van der Waals surface area contributed by atoms with Gasteiger partial charge in [-0.25, -0.2) is 8.78 Å². The van der Waals surface area contributed by atoms with E-state index < -0.39 is 11.6 Å². The maximum atomic E-state index is 13.2. The van der Waals surface area contributed by atoms with E-state index in [0.717, 1.165) is 37.8 Å². The van der Waals surface area contributed by atoms with Gasteiger partial charge in [-0.1, -0.05) is 26.8 Å². The van der Waals surface area contributed by atoms with Gasteiger partial charge < -0.3 is 5.32 Å². The molecular weight excluding hydrogens is 244 g/mol. The molecule has 0 aliphatic heterocycles.